The summed E-state index contributed by atoms with van der Waals surface area (Å²) in [5.41, 5.74) is 7.49. The molecule has 4 N–H and O–H groups in total. The first-order chi connectivity index (χ1) is 12.4. The van der Waals surface area contributed by atoms with Crippen LogP contribution in [-0.2, 0) is 0 Å². The molecule has 0 aliphatic heterocycles. The van der Waals surface area contributed by atoms with Crippen LogP contribution in [0, 0.1) is 5.92 Å². The van der Waals surface area contributed by atoms with E-state index in [-0.39, 0.29) is 6.04 Å². The van der Waals surface area contributed by atoms with E-state index in [2.05, 4.69) is 39.4 Å². The Balaban J connectivity index is 2.02. The van der Waals surface area contributed by atoms with E-state index >= 15 is 0 Å². The fraction of sp³-hybridized carbons (Fsp3) is 0.353. The van der Waals surface area contributed by atoms with E-state index in [1.165, 1.54) is 6.33 Å². The molecule has 9 heteroatoms. The van der Waals surface area contributed by atoms with Crippen LogP contribution in [0.3, 0.4) is 0 Å². The monoisotopic (exact) mass is 393 g/mol. The first kappa shape index (κ1) is 18.7. The van der Waals surface area contributed by atoms with Crippen LogP contribution in [0.5, 0.6) is 0 Å². The third-order valence-electron chi connectivity index (χ3n) is 4.17. The molecular weight excluding hydrogens is 373 g/mol. The third-order valence-corrected chi connectivity index (χ3v) is 4.89. The molecule has 0 saturated heterocycles. The molecule has 0 amide bonds. The quantitative estimate of drug-likeness (QED) is 0.594. The highest BCUT2D eigenvalue weighted by atomic mass is 35.5. The van der Waals surface area contributed by atoms with Crippen molar-refractivity contribution in [3.63, 3.8) is 0 Å². The molecule has 0 saturated carbocycles. The minimum absolute atomic E-state index is 0.230. The van der Waals surface area contributed by atoms with Gasteiger partial charge in [0.05, 0.1) is 21.1 Å². The summed E-state index contributed by atoms with van der Waals surface area (Å²) < 4.78 is 1.73. The van der Waals surface area contributed by atoms with Gasteiger partial charge in [0.25, 0.3) is 0 Å². The van der Waals surface area contributed by atoms with Gasteiger partial charge in [0.15, 0.2) is 0 Å². The number of anilines is 2. The van der Waals surface area contributed by atoms with E-state index < -0.39 is 0 Å². The Morgan fingerprint density at radius 3 is 2.58 bits per heavy atom. The minimum atomic E-state index is 0.230. The summed E-state index contributed by atoms with van der Waals surface area (Å²) in [6.07, 6.45) is 1.50. The molecule has 3 rings (SSSR count). The average Bonchev–Trinajstić information content (AvgIpc) is 2.90. The van der Waals surface area contributed by atoms with Crippen LogP contribution >= 0.6 is 23.2 Å². The SMILES string of the molecule is CNC[C@@H](Nc1cc(-n2c(N)nc3cc(Cl)c(Cl)cc32)ncn1)C(C)C. The second-order valence-electron chi connectivity index (χ2n) is 6.37. The van der Waals surface area contributed by atoms with E-state index in [0.717, 1.165) is 12.1 Å². The van der Waals surface area contributed by atoms with E-state index in [4.69, 9.17) is 28.9 Å². The lowest BCUT2D eigenvalue weighted by Crippen LogP contribution is -2.35. The van der Waals surface area contributed by atoms with Crippen LogP contribution in [0.25, 0.3) is 16.9 Å². The molecule has 0 aliphatic carbocycles. The van der Waals surface area contributed by atoms with Gasteiger partial charge in [0.2, 0.25) is 5.95 Å². The summed E-state index contributed by atoms with van der Waals surface area (Å²) in [5, 5.41) is 7.49. The zero-order chi connectivity index (χ0) is 18.8. The Kier molecular flexibility index (Phi) is 5.50. The van der Waals surface area contributed by atoms with E-state index in [1.54, 1.807) is 16.7 Å². The van der Waals surface area contributed by atoms with Crippen LogP contribution in [0.2, 0.25) is 10.0 Å². The van der Waals surface area contributed by atoms with Crippen molar-refractivity contribution in [1.29, 1.82) is 0 Å². The molecule has 0 unspecified atom stereocenters. The average molecular weight is 394 g/mol. The molecule has 0 radical (unpaired) electrons. The van der Waals surface area contributed by atoms with Gasteiger partial charge in [-0.2, -0.15) is 0 Å². The molecule has 1 atom stereocenters. The molecule has 2 aromatic heterocycles. The molecule has 26 heavy (non-hydrogen) atoms. The normalized spacial score (nSPS) is 12.7. The van der Waals surface area contributed by atoms with Crippen LogP contribution < -0.4 is 16.4 Å². The molecule has 7 nitrogen and oxygen atoms in total. The highest BCUT2D eigenvalue weighted by Gasteiger charge is 2.16. The topological polar surface area (TPSA) is 93.7 Å². The van der Waals surface area contributed by atoms with Gasteiger partial charge >= 0.3 is 0 Å². The number of hydrogen-bond acceptors (Lipinski definition) is 6. The van der Waals surface area contributed by atoms with Crippen molar-refractivity contribution in [3.05, 3.63) is 34.6 Å². The predicted molar refractivity (Wildman–Crippen MR) is 107 cm³/mol. The third kappa shape index (κ3) is 3.70. The van der Waals surface area contributed by atoms with Crippen molar-refractivity contribution in [2.24, 2.45) is 5.92 Å². The summed E-state index contributed by atoms with van der Waals surface area (Å²) in [5.74, 6) is 2.05. The summed E-state index contributed by atoms with van der Waals surface area (Å²) in [7, 11) is 1.93. The summed E-state index contributed by atoms with van der Waals surface area (Å²) in [4.78, 5) is 13.0. The van der Waals surface area contributed by atoms with E-state index in [0.29, 0.717) is 39.1 Å². The lowest BCUT2D eigenvalue weighted by atomic mass is 10.0. The number of rotatable bonds is 6. The van der Waals surface area contributed by atoms with Crippen molar-refractivity contribution in [2.45, 2.75) is 19.9 Å². The van der Waals surface area contributed by atoms with Gasteiger partial charge in [0.1, 0.15) is 18.0 Å². The highest BCUT2D eigenvalue weighted by molar-refractivity contribution is 6.42. The van der Waals surface area contributed by atoms with Crippen molar-refractivity contribution in [2.75, 3.05) is 24.6 Å². The Morgan fingerprint density at radius 2 is 1.88 bits per heavy atom. The number of imidazole rings is 1. The van der Waals surface area contributed by atoms with Crippen LogP contribution in [-0.4, -0.2) is 39.2 Å². The molecule has 3 aromatic rings. The fourth-order valence-corrected chi connectivity index (χ4v) is 3.06. The number of halogens is 2. The summed E-state index contributed by atoms with van der Waals surface area (Å²) >= 11 is 12.2. The van der Waals surface area contributed by atoms with Gasteiger partial charge in [0, 0.05) is 18.7 Å². The second-order valence-corrected chi connectivity index (χ2v) is 7.19. The Labute approximate surface area is 161 Å². The highest BCUT2D eigenvalue weighted by Crippen LogP contribution is 2.30. The maximum atomic E-state index is 6.16. The van der Waals surface area contributed by atoms with Gasteiger partial charge < -0.3 is 16.4 Å². The van der Waals surface area contributed by atoms with Crippen LogP contribution in [0.1, 0.15) is 13.8 Å². The molecule has 0 aliphatic rings. The number of nitrogens with zero attached hydrogens (tertiary/aromatic N) is 4. The molecule has 138 valence electrons. The lowest BCUT2D eigenvalue weighted by molar-refractivity contribution is 0.501. The lowest BCUT2D eigenvalue weighted by Gasteiger charge is -2.22. The smallest absolute Gasteiger partial charge is 0.207 e. The van der Waals surface area contributed by atoms with Crippen molar-refractivity contribution >= 4 is 46.0 Å². The number of nitrogens with two attached hydrogens (primary N) is 1. The molecule has 0 spiro atoms. The fourth-order valence-electron chi connectivity index (χ4n) is 2.74. The number of likely N-dealkylation sites (N-methyl/N-ethyl adjacent to an activating group) is 1. The maximum absolute atomic E-state index is 6.16. The largest absolute Gasteiger partial charge is 0.369 e. The number of nitrogen functional groups attached to an aromatic ring is 1. The first-order valence-electron chi connectivity index (χ1n) is 8.27. The molecule has 0 bridgehead atoms. The second kappa shape index (κ2) is 7.65. The summed E-state index contributed by atoms with van der Waals surface area (Å²) in [6, 6.07) is 5.49. The van der Waals surface area contributed by atoms with Gasteiger partial charge in [-0.15, -0.1) is 0 Å². The molecule has 0 fully saturated rings. The van der Waals surface area contributed by atoms with Gasteiger partial charge in [-0.3, -0.25) is 4.57 Å². The molecule has 2 heterocycles. The number of aromatic nitrogens is 4. The number of hydrogen-bond donors (Lipinski definition) is 3. The van der Waals surface area contributed by atoms with Crippen molar-refractivity contribution < 1.29 is 0 Å². The van der Waals surface area contributed by atoms with E-state index in [9.17, 15) is 0 Å². The molecule has 1 aromatic carbocycles. The van der Waals surface area contributed by atoms with Crippen LogP contribution in [0.15, 0.2) is 24.5 Å². The van der Waals surface area contributed by atoms with E-state index in [1.807, 2.05) is 13.1 Å². The Bertz CT molecular complexity index is 923. The standard InChI is InChI=1S/C17H21Cl2N7/c1-9(2)13(7-21-3)24-15-6-16(23-8-22-15)26-14-5-11(19)10(18)4-12(14)25-17(26)20/h4-6,8-9,13,21H,7H2,1-3H3,(H2,20,25)(H,22,23,24)/t13-/m1/s1. The molecular formula is C17H21Cl2N7. The van der Waals surface area contributed by atoms with Gasteiger partial charge in [-0.25, -0.2) is 15.0 Å². The minimum Gasteiger partial charge on any atom is -0.369 e. The van der Waals surface area contributed by atoms with Crippen LogP contribution in [0.4, 0.5) is 11.8 Å². The number of fused-ring (bicyclic) bond motifs is 1. The van der Waals surface area contributed by atoms with Crippen molar-refractivity contribution in [1.82, 2.24) is 24.8 Å². The Hall–Kier alpha value is -2.09. The number of nitrogens with one attached hydrogen (secondary N) is 2. The van der Waals surface area contributed by atoms with Gasteiger partial charge in [-0.1, -0.05) is 37.0 Å². The van der Waals surface area contributed by atoms with Gasteiger partial charge in [-0.05, 0) is 25.1 Å². The zero-order valence-electron chi connectivity index (χ0n) is 14.8. The van der Waals surface area contributed by atoms with Crippen molar-refractivity contribution in [3.8, 4) is 5.82 Å². The first-order valence-corrected chi connectivity index (χ1v) is 9.02. The predicted octanol–water partition coefficient (Wildman–Crippen LogP) is 3.36. The zero-order valence-corrected chi connectivity index (χ0v) is 16.3. The number of benzene rings is 1. The summed E-state index contributed by atoms with van der Waals surface area (Å²) in [6.45, 7) is 5.13. The maximum Gasteiger partial charge on any atom is 0.207 e. The Morgan fingerprint density at radius 1 is 1.15 bits per heavy atom.